The molecule has 0 aliphatic carbocycles. The average molecular weight is 263 g/mol. The molecule has 0 radical (unpaired) electrons. The zero-order valence-electron chi connectivity index (χ0n) is 10.1. The molecule has 0 saturated heterocycles. The van der Waals surface area contributed by atoms with E-state index in [-0.39, 0.29) is 19.0 Å². The molecule has 0 aliphatic heterocycles. The Morgan fingerprint density at radius 1 is 1.11 bits per heavy atom. The highest BCUT2D eigenvalue weighted by molar-refractivity contribution is 5.84. The van der Waals surface area contributed by atoms with Crippen molar-refractivity contribution >= 4 is 24.4 Å². The summed E-state index contributed by atoms with van der Waals surface area (Å²) in [5.74, 6) is -0.109. The number of aldehydes is 2. The number of hydrogen-bond acceptors (Lipinski definition) is 5. The minimum Gasteiger partial charge on any atom is -0.486 e. The van der Waals surface area contributed by atoms with E-state index in [0.717, 1.165) is 6.08 Å². The fourth-order valence-corrected chi connectivity index (χ4v) is 1.16. The van der Waals surface area contributed by atoms with Crippen LogP contribution in [0.4, 0.5) is 10.5 Å². The van der Waals surface area contributed by atoms with Crippen molar-refractivity contribution in [2.75, 3.05) is 18.5 Å². The van der Waals surface area contributed by atoms with Gasteiger partial charge in [-0.1, -0.05) is 18.2 Å². The van der Waals surface area contributed by atoms with Crippen molar-refractivity contribution in [3.8, 4) is 0 Å². The molecule has 0 aromatic heterocycles. The van der Waals surface area contributed by atoms with Crippen LogP contribution in [0.3, 0.4) is 0 Å². The van der Waals surface area contributed by atoms with Gasteiger partial charge in [0.15, 0.2) is 12.0 Å². The van der Waals surface area contributed by atoms with Gasteiger partial charge >= 0.3 is 6.09 Å². The first-order chi connectivity index (χ1) is 9.26. The first-order valence-corrected chi connectivity index (χ1v) is 5.48. The smallest absolute Gasteiger partial charge is 0.411 e. The summed E-state index contributed by atoms with van der Waals surface area (Å²) >= 11 is 0. The molecule has 1 N–H and O–H groups in total. The van der Waals surface area contributed by atoms with Crippen LogP contribution in [0.5, 0.6) is 0 Å². The van der Waals surface area contributed by atoms with E-state index in [1.54, 1.807) is 24.3 Å². The molecule has 1 rings (SSSR count). The maximum atomic E-state index is 11.3. The van der Waals surface area contributed by atoms with Gasteiger partial charge < -0.3 is 9.47 Å². The second-order valence-electron chi connectivity index (χ2n) is 3.30. The molecule has 0 aliphatic rings. The van der Waals surface area contributed by atoms with Gasteiger partial charge in [0.25, 0.3) is 0 Å². The summed E-state index contributed by atoms with van der Waals surface area (Å²) in [5, 5.41) is 2.51. The van der Waals surface area contributed by atoms with E-state index in [9.17, 15) is 14.4 Å². The van der Waals surface area contributed by atoms with E-state index >= 15 is 0 Å². The number of anilines is 1. The molecule has 0 atom stereocenters. The molecule has 0 fully saturated rings. The minimum absolute atomic E-state index is 0.0133. The number of allylic oxidation sites excluding steroid dienone is 2. The van der Waals surface area contributed by atoms with Gasteiger partial charge in [0.1, 0.15) is 19.5 Å². The third kappa shape index (κ3) is 6.02. The van der Waals surface area contributed by atoms with Gasteiger partial charge in [-0.25, -0.2) is 4.79 Å². The number of benzene rings is 1. The van der Waals surface area contributed by atoms with Crippen LogP contribution in [0.15, 0.2) is 42.2 Å². The highest BCUT2D eigenvalue weighted by Crippen LogP contribution is 2.05. The third-order valence-corrected chi connectivity index (χ3v) is 1.95. The SMILES string of the molecule is O=C/C=C(/C=O)OCCOC(=O)Nc1ccccc1. The normalized spacial score (nSPS) is 10.4. The summed E-state index contributed by atoms with van der Waals surface area (Å²) in [5.41, 5.74) is 0.614. The van der Waals surface area contributed by atoms with E-state index in [0.29, 0.717) is 18.3 Å². The van der Waals surface area contributed by atoms with Gasteiger partial charge in [-0.15, -0.1) is 0 Å². The van der Waals surface area contributed by atoms with Crippen LogP contribution in [0.1, 0.15) is 0 Å². The van der Waals surface area contributed by atoms with Crippen LogP contribution >= 0.6 is 0 Å². The van der Waals surface area contributed by atoms with Gasteiger partial charge in [-0.05, 0) is 12.1 Å². The lowest BCUT2D eigenvalue weighted by Gasteiger charge is -2.07. The van der Waals surface area contributed by atoms with Crippen molar-refractivity contribution in [2.24, 2.45) is 0 Å². The Morgan fingerprint density at radius 2 is 1.79 bits per heavy atom. The van der Waals surface area contributed by atoms with Crippen LogP contribution in [0.25, 0.3) is 0 Å². The van der Waals surface area contributed by atoms with Gasteiger partial charge in [0.05, 0.1) is 0 Å². The Bertz CT molecular complexity index is 455. The zero-order chi connectivity index (χ0) is 13.9. The molecular weight excluding hydrogens is 250 g/mol. The maximum absolute atomic E-state index is 11.3. The second kappa shape index (κ2) is 8.46. The van der Waals surface area contributed by atoms with Gasteiger partial charge in [-0.2, -0.15) is 0 Å². The lowest BCUT2D eigenvalue weighted by molar-refractivity contribution is -0.109. The second-order valence-corrected chi connectivity index (χ2v) is 3.30. The summed E-state index contributed by atoms with van der Waals surface area (Å²) in [6.07, 6.45) is 1.20. The molecular formula is C13H13NO5. The van der Waals surface area contributed by atoms with Crippen LogP contribution < -0.4 is 5.32 Å². The minimum atomic E-state index is -0.623. The number of amides is 1. The Hall–Kier alpha value is -2.63. The maximum Gasteiger partial charge on any atom is 0.411 e. The summed E-state index contributed by atoms with van der Waals surface area (Å²) in [6, 6.07) is 8.81. The van der Waals surface area contributed by atoms with Crippen molar-refractivity contribution in [3.63, 3.8) is 0 Å². The number of carbonyl (C=O) groups excluding carboxylic acids is 3. The van der Waals surface area contributed by atoms with Gasteiger partial charge in [0.2, 0.25) is 0 Å². The Balaban J connectivity index is 2.22. The van der Waals surface area contributed by atoms with Crippen LogP contribution in [0.2, 0.25) is 0 Å². The van der Waals surface area contributed by atoms with Gasteiger partial charge in [-0.3, -0.25) is 14.9 Å². The number of nitrogens with one attached hydrogen (secondary N) is 1. The molecule has 6 nitrogen and oxygen atoms in total. The molecule has 0 spiro atoms. The molecule has 1 amide bonds. The first kappa shape index (κ1) is 14.4. The highest BCUT2D eigenvalue weighted by atomic mass is 16.6. The topological polar surface area (TPSA) is 81.7 Å². The predicted octanol–water partition coefficient (Wildman–Crippen LogP) is 1.53. The summed E-state index contributed by atoms with van der Waals surface area (Å²) in [4.78, 5) is 31.8. The number of hydrogen-bond donors (Lipinski definition) is 1. The zero-order valence-corrected chi connectivity index (χ0v) is 10.1. The standard InChI is InChI=1S/C13H13NO5/c15-7-6-12(10-16)18-8-9-19-13(17)14-11-4-2-1-3-5-11/h1-7,10H,8-9H2,(H,14,17)/b12-6-. The molecule has 0 saturated carbocycles. The van der Waals surface area contributed by atoms with Crippen molar-refractivity contribution in [2.45, 2.75) is 0 Å². The number of carbonyl (C=O) groups is 3. The van der Waals surface area contributed by atoms with Crippen LogP contribution in [-0.2, 0) is 19.1 Å². The molecule has 0 unspecified atom stereocenters. The Morgan fingerprint density at radius 3 is 2.42 bits per heavy atom. The molecule has 100 valence electrons. The Labute approximate surface area is 110 Å². The lowest BCUT2D eigenvalue weighted by atomic mass is 10.3. The van der Waals surface area contributed by atoms with E-state index < -0.39 is 6.09 Å². The van der Waals surface area contributed by atoms with E-state index in [1.165, 1.54) is 0 Å². The number of ether oxygens (including phenoxy) is 2. The van der Waals surface area contributed by atoms with Crippen molar-refractivity contribution in [1.29, 1.82) is 0 Å². The summed E-state index contributed by atoms with van der Waals surface area (Å²) in [7, 11) is 0. The lowest BCUT2D eigenvalue weighted by Crippen LogP contribution is -2.16. The van der Waals surface area contributed by atoms with Crippen molar-refractivity contribution < 1.29 is 23.9 Å². The largest absolute Gasteiger partial charge is 0.486 e. The Kier molecular flexibility index (Phi) is 6.43. The average Bonchev–Trinajstić information content (AvgIpc) is 2.43. The summed E-state index contributed by atoms with van der Waals surface area (Å²) in [6.45, 7) is -0.0523. The molecule has 6 heteroatoms. The third-order valence-electron chi connectivity index (χ3n) is 1.95. The fraction of sp³-hybridized carbons (Fsp3) is 0.154. The molecule has 1 aromatic carbocycles. The molecule has 19 heavy (non-hydrogen) atoms. The monoisotopic (exact) mass is 263 g/mol. The van der Waals surface area contributed by atoms with Crippen molar-refractivity contribution in [1.82, 2.24) is 0 Å². The highest BCUT2D eigenvalue weighted by Gasteiger charge is 2.02. The molecule has 1 aromatic rings. The number of rotatable bonds is 7. The summed E-state index contributed by atoms with van der Waals surface area (Å²) < 4.78 is 9.70. The van der Waals surface area contributed by atoms with Crippen LogP contribution in [-0.4, -0.2) is 31.9 Å². The van der Waals surface area contributed by atoms with Crippen molar-refractivity contribution in [3.05, 3.63) is 42.2 Å². The number of para-hydroxylation sites is 1. The first-order valence-electron chi connectivity index (χ1n) is 5.48. The predicted molar refractivity (Wildman–Crippen MR) is 67.6 cm³/mol. The fourth-order valence-electron chi connectivity index (χ4n) is 1.16. The van der Waals surface area contributed by atoms with E-state index in [4.69, 9.17) is 9.47 Å². The quantitative estimate of drug-likeness (QED) is 0.349. The van der Waals surface area contributed by atoms with Crippen LogP contribution in [0, 0.1) is 0 Å². The van der Waals surface area contributed by atoms with E-state index in [2.05, 4.69) is 5.32 Å². The molecule has 0 heterocycles. The van der Waals surface area contributed by atoms with E-state index in [1.807, 2.05) is 6.07 Å². The molecule has 0 bridgehead atoms. The van der Waals surface area contributed by atoms with Gasteiger partial charge in [0, 0.05) is 11.8 Å².